The number of ether oxygens (including phenoxy) is 2. The van der Waals surface area contributed by atoms with Gasteiger partial charge in [0, 0.05) is 0 Å². The van der Waals surface area contributed by atoms with Gasteiger partial charge in [-0.15, -0.1) is 0 Å². The smallest absolute Gasteiger partial charge is 0.322 e. The number of aliphatic carboxylic acids is 1. The van der Waals surface area contributed by atoms with Crippen molar-refractivity contribution in [3.8, 4) is 22.6 Å². The molecule has 3 rings (SSSR count). The molecule has 1 atom stereocenters. The largest absolute Gasteiger partial charge is 0.497 e. The summed E-state index contributed by atoms with van der Waals surface area (Å²) in [5.74, 6) is -0.0906. The molecule has 0 aromatic heterocycles. The maximum absolute atomic E-state index is 12.6. The minimum atomic E-state index is -3.95. The van der Waals surface area contributed by atoms with Crippen molar-refractivity contribution in [1.82, 2.24) is 4.72 Å². The quantitative estimate of drug-likeness (QED) is 0.458. The van der Waals surface area contributed by atoms with Crippen molar-refractivity contribution in [3.05, 3.63) is 78.4 Å². The van der Waals surface area contributed by atoms with Crippen molar-refractivity contribution < 1.29 is 27.8 Å². The highest BCUT2D eigenvalue weighted by molar-refractivity contribution is 7.89. The van der Waals surface area contributed by atoms with E-state index in [2.05, 4.69) is 4.72 Å². The highest BCUT2D eigenvalue weighted by Gasteiger charge is 2.27. The molecule has 7 nitrogen and oxygen atoms in total. The first-order chi connectivity index (χ1) is 15.7. The molecule has 0 fully saturated rings. The molecule has 3 aromatic rings. The van der Waals surface area contributed by atoms with Crippen molar-refractivity contribution in [3.63, 3.8) is 0 Å². The Balaban J connectivity index is 1.66. The molecule has 0 heterocycles. The second kappa shape index (κ2) is 10.5. The number of carboxylic acids is 1. The standard InChI is InChI=1S/C25H27NO6S/c1-17(2)24(25(27)28)26-33(29,30)23-14-8-20(9-15-23)19-6-12-22(13-7-19)32-16-18-4-10-21(31-3)11-5-18/h4-15,17,24,26H,16H2,1-3H3,(H,27,28). The Morgan fingerprint density at radius 1 is 0.879 bits per heavy atom. The highest BCUT2D eigenvalue weighted by Crippen LogP contribution is 2.25. The van der Waals surface area contributed by atoms with E-state index < -0.39 is 22.0 Å². The van der Waals surface area contributed by atoms with Gasteiger partial charge in [-0.25, -0.2) is 8.42 Å². The van der Waals surface area contributed by atoms with E-state index in [-0.39, 0.29) is 10.8 Å². The van der Waals surface area contributed by atoms with E-state index in [0.717, 1.165) is 22.4 Å². The van der Waals surface area contributed by atoms with Crippen molar-refractivity contribution >= 4 is 16.0 Å². The lowest BCUT2D eigenvalue weighted by Gasteiger charge is -2.18. The summed E-state index contributed by atoms with van der Waals surface area (Å²) < 4.78 is 38.4. The summed E-state index contributed by atoms with van der Waals surface area (Å²) in [5.41, 5.74) is 2.75. The van der Waals surface area contributed by atoms with Crippen LogP contribution in [0.2, 0.25) is 0 Å². The van der Waals surface area contributed by atoms with Gasteiger partial charge in [-0.3, -0.25) is 4.79 Å². The van der Waals surface area contributed by atoms with Crippen LogP contribution >= 0.6 is 0 Å². The first kappa shape index (κ1) is 24.3. The molecule has 0 saturated carbocycles. The van der Waals surface area contributed by atoms with Gasteiger partial charge in [-0.05, 0) is 59.0 Å². The van der Waals surface area contributed by atoms with Crippen LogP contribution in [0.3, 0.4) is 0 Å². The number of rotatable bonds is 10. The van der Waals surface area contributed by atoms with Crippen LogP contribution < -0.4 is 14.2 Å². The topological polar surface area (TPSA) is 102 Å². The molecule has 1 unspecified atom stereocenters. The zero-order chi connectivity index (χ0) is 24.0. The number of nitrogens with one attached hydrogen (secondary N) is 1. The maximum Gasteiger partial charge on any atom is 0.322 e. The highest BCUT2D eigenvalue weighted by atomic mass is 32.2. The van der Waals surface area contributed by atoms with Gasteiger partial charge in [-0.2, -0.15) is 4.72 Å². The monoisotopic (exact) mass is 469 g/mol. The van der Waals surface area contributed by atoms with Crippen LogP contribution in [0, 0.1) is 5.92 Å². The lowest BCUT2D eigenvalue weighted by atomic mass is 10.1. The fraction of sp³-hybridized carbons (Fsp3) is 0.240. The first-order valence-electron chi connectivity index (χ1n) is 10.4. The molecule has 0 bridgehead atoms. The van der Waals surface area contributed by atoms with Crippen molar-refractivity contribution in [2.45, 2.75) is 31.4 Å². The number of methoxy groups -OCH3 is 1. The van der Waals surface area contributed by atoms with Crippen LogP contribution in [-0.4, -0.2) is 32.6 Å². The van der Waals surface area contributed by atoms with Crippen molar-refractivity contribution in [2.75, 3.05) is 7.11 Å². The fourth-order valence-corrected chi connectivity index (χ4v) is 4.50. The predicted molar refractivity (Wildman–Crippen MR) is 126 cm³/mol. The second-order valence-electron chi connectivity index (χ2n) is 7.87. The van der Waals surface area contributed by atoms with E-state index in [1.807, 2.05) is 48.5 Å². The summed E-state index contributed by atoms with van der Waals surface area (Å²) in [6.45, 7) is 3.72. The third-order valence-electron chi connectivity index (χ3n) is 5.13. The third-order valence-corrected chi connectivity index (χ3v) is 6.59. The Morgan fingerprint density at radius 2 is 1.39 bits per heavy atom. The first-order valence-corrected chi connectivity index (χ1v) is 11.9. The van der Waals surface area contributed by atoms with Crippen LogP contribution in [0.5, 0.6) is 11.5 Å². The summed E-state index contributed by atoms with van der Waals surface area (Å²) in [5, 5.41) is 9.25. The van der Waals surface area contributed by atoms with Gasteiger partial charge in [0.1, 0.15) is 24.1 Å². The van der Waals surface area contributed by atoms with E-state index in [1.165, 1.54) is 12.1 Å². The number of hydrogen-bond donors (Lipinski definition) is 2. The minimum absolute atomic E-state index is 0.0117. The van der Waals surface area contributed by atoms with Gasteiger partial charge in [0.2, 0.25) is 10.0 Å². The Hall–Kier alpha value is -3.36. The number of carboxylic acid groups (broad SMARTS) is 1. The van der Waals surface area contributed by atoms with Gasteiger partial charge in [0.05, 0.1) is 12.0 Å². The molecule has 2 N–H and O–H groups in total. The zero-order valence-electron chi connectivity index (χ0n) is 18.7. The van der Waals surface area contributed by atoms with Gasteiger partial charge >= 0.3 is 5.97 Å². The fourth-order valence-electron chi connectivity index (χ4n) is 3.17. The van der Waals surface area contributed by atoms with Crippen LogP contribution in [-0.2, 0) is 21.4 Å². The molecule has 0 amide bonds. The molecular weight excluding hydrogens is 442 g/mol. The van der Waals surface area contributed by atoms with Crippen molar-refractivity contribution in [2.24, 2.45) is 5.92 Å². The molecule has 0 radical (unpaired) electrons. The lowest BCUT2D eigenvalue weighted by Crippen LogP contribution is -2.44. The zero-order valence-corrected chi connectivity index (χ0v) is 19.5. The van der Waals surface area contributed by atoms with E-state index in [9.17, 15) is 18.3 Å². The number of carbonyl (C=O) groups is 1. The Bertz CT molecular complexity index is 1170. The summed E-state index contributed by atoms with van der Waals surface area (Å²) in [6.07, 6.45) is 0. The van der Waals surface area contributed by atoms with Gasteiger partial charge < -0.3 is 14.6 Å². The van der Waals surface area contributed by atoms with Crippen LogP contribution in [0.25, 0.3) is 11.1 Å². The third kappa shape index (κ3) is 6.34. The summed E-state index contributed by atoms with van der Waals surface area (Å²) in [6, 6.07) is 20.2. The number of sulfonamides is 1. The minimum Gasteiger partial charge on any atom is -0.497 e. The molecule has 3 aromatic carbocycles. The average molecular weight is 470 g/mol. The van der Waals surface area contributed by atoms with Gasteiger partial charge in [-0.1, -0.05) is 50.2 Å². The second-order valence-corrected chi connectivity index (χ2v) is 9.58. The van der Waals surface area contributed by atoms with Crippen molar-refractivity contribution in [1.29, 1.82) is 0 Å². The number of benzene rings is 3. The van der Waals surface area contributed by atoms with Crippen LogP contribution in [0.1, 0.15) is 19.4 Å². The summed E-state index contributed by atoms with van der Waals surface area (Å²) >= 11 is 0. The van der Waals surface area contributed by atoms with E-state index in [1.54, 1.807) is 33.1 Å². The molecule has 8 heteroatoms. The van der Waals surface area contributed by atoms with Gasteiger partial charge in [0.25, 0.3) is 0 Å². The SMILES string of the molecule is COc1ccc(COc2ccc(-c3ccc(S(=O)(=O)NC(C(=O)O)C(C)C)cc3)cc2)cc1. The Labute approximate surface area is 194 Å². The average Bonchev–Trinajstić information content (AvgIpc) is 2.81. The van der Waals surface area contributed by atoms with E-state index >= 15 is 0 Å². The molecule has 0 saturated heterocycles. The Morgan fingerprint density at radius 3 is 1.88 bits per heavy atom. The molecular formula is C25H27NO6S. The number of hydrogen-bond acceptors (Lipinski definition) is 5. The summed E-state index contributed by atoms with van der Waals surface area (Å²) in [7, 11) is -2.33. The molecule has 33 heavy (non-hydrogen) atoms. The molecule has 0 aliphatic carbocycles. The molecule has 174 valence electrons. The molecule has 0 spiro atoms. The van der Waals surface area contributed by atoms with E-state index in [0.29, 0.717) is 12.4 Å². The lowest BCUT2D eigenvalue weighted by molar-refractivity contribution is -0.140. The van der Waals surface area contributed by atoms with Crippen LogP contribution in [0.4, 0.5) is 0 Å². The predicted octanol–water partition coefficient (Wildman–Crippen LogP) is 4.33. The van der Waals surface area contributed by atoms with Crippen LogP contribution in [0.15, 0.2) is 77.7 Å². The maximum atomic E-state index is 12.6. The van der Waals surface area contributed by atoms with E-state index in [4.69, 9.17) is 9.47 Å². The normalized spacial score (nSPS) is 12.4. The molecule has 0 aliphatic rings. The summed E-state index contributed by atoms with van der Waals surface area (Å²) in [4.78, 5) is 11.3. The molecule has 0 aliphatic heterocycles. The Kier molecular flexibility index (Phi) is 7.73. The van der Waals surface area contributed by atoms with Gasteiger partial charge in [0.15, 0.2) is 0 Å².